The van der Waals surface area contributed by atoms with Crippen LogP contribution in [0.25, 0.3) is 10.9 Å². The minimum atomic E-state index is -1.00. The van der Waals surface area contributed by atoms with Gasteiger partial charge in [0.25, 0.3) is 5.91 Å². The minimum absolute atomic E-state index is 0.284. The number of hydrogen-bond donors (Lipinski definition) is 2. The zero-order chi connectivity index (χ0) is 18.7. The van der Waals surface area contributed by atoms with Crippen LogP contribution >= 0.6 is 11.6 Å². The first kappa shape index (κ1) is 17.8. The van der Waals surface area contributed by atoms with E-state index in [-0.39, 0.29) is 5.69 Å². The number of aromatic amines is 1. The minimum Gasteiger partial charge on any atom is -0.495 e. The number of rotatable bonds is 5. The molecule has 0 bridgehead atoms. The summed E-state index contributed by atoms with van der Waals surface area (Å²) in [7, 11) is 1.48. The second kappa shape index (κ2) is 7.49. The molecule has 3 rings (SSSR count). The van der Waals surface area contributed by atoms with Gasteiger partial charge in [-0.05, 0) is 37.3 Å². The number of nitrogens with one attached hydrogen (secondary N) is 2. The molecule has 134 valence electrons. The average Bonchev–Trinajstić information content (AvgIpc) is 3.06. The fourth-order valence-electron chi connectivity index (χ4n) is 2.47. The normalized spacial score (nSPS) is 11.8. The van der Waals surface area contributed by atoms with Crippen LogP contribution in [0.4, 0.5) is 5.69 Å². The first-order valence-electron chi connectivity index (χ1n) is 7.91. The molecule has 0 aliphatic heterocycles. The van der Waals surface area contributed by atoms with Crippen LogP contribution in [0.2, 0.25) is 5.02 Å². The van der Waals surface area contributed by atoms with Crippen LogP contribution in [0.5, 0.6) is 5.75 Å². The molecule has 2 aromatic carbocycles. The molecule has 0 aliphatic rings. The zero-order valence-corrected chi connectivity index (χ0v) is 15.0. The van der Waals surface area contributed by atoms with Gasteiger partial charge in [0, 0.05) is 15.9 Å². The van der Waals surface area contributed by atoms with E-state index in [1.165, 1.54) is 14.0 Å². The molecule has 0 aliphatic carbocycles. The number of hydrogen-bond acceptors (Lipinski definition) is 4. The van der Waals surface area contributed by atoms with Crippen LogP contribution in [0.3, 0.4) is 0 Å². The zero-order valence-electron chi connectivity index (χ0n) is 14.2. The Morgan fingerprint density at radius 3 is 2.65 bits per heavy atom. The van der Waals surface area contributed by atoms with Gasteiger partial charge in [0.15, 0.2) is 6.10 Å². The highest BCUT2D eigenvalue weighted by Crippen LogP contribution is 2.28. The Labute approximate surface area is 155 Å². The lowest BCUT2D eigenvalue weighted by molar-refractivity contribution is -0.123. The molecule has 3 aromatic rings. The highest BCUT2D eigenvalue weighted by molar-refractivity contribution is 6.31. The van der Waals surface area contributed by atoms with Crippen molar-refractivity contribution in [3.05, 3.63) is 59.2 Å². The summed E-state index contributed by atoms with van der Waals surface area (Å²) in [6.45, 7) is 1.49. The molecular formula is C19H17ClN2O4. The van der Waals surface area contributed by atoms with E-state index in [0.717, 1.165) is 10.9 Å². The molecule has 6 nitrogen and oxygen atoms in total. The number of amides is 1. The van der Waals surface area contributed by atoms with Gasteiger partial charge >= 0.3 is 5.97 Å². The van der Waals surface area contributed by atoms with Gasteiger partial charge in [-0.3, -0.25) is 4.79 Å². The maximum Gasteiger partial charge on any atom is 0.355 e. The quantitative estimate of drug-likeness (QED) is 0.663. The lowest BCUT2D eigenvalue weighted by Crippen LogP contribution is -2.30. The monoisotopic (exact) mass is 372 g/mol. The maximum absolute atomic E-state index is 12.3. The second-order valence-electron chi connectivity index (χ2n) is 5.65. The van der Waals surface area contributed by atoms with Crippen molar-refractivity contribution in [2.75, 3.05) is 12.4 Å². The van der Waals surface area contributed by atoms with Crippen molar-refractivity contribution >= 4 is 40.1 Å². The maximum atomic E-state index is 12.3. The first-order valence-corrected chi connectivity index (χ1v) is 8.29. The number of esters is 1. The SMILES string of the molecule is COc1ccc(Cl)cc1NC(=O)[C@H](C)OC(=O)c1cc2ccccc2[nH]1. The molecule has 7 heteroatoms. The van der Waals surface area contributed by atoms with Gasteiger partial charge in [0.2, 0.25) is 0 Å². The first-order chi connectivity index (χ1) is 12.5. The summed E-state index contributed by atoms with van der Waals surface area (Å²) in [5.74, 6) is -0.645. The molecule has 1 atom stereocenters. The Morgan fingerprint density at radius 2 is 1.92 bits per heavy atom. The molecule has 26 heavy (non-hydrogen) atoms. The van der Waals surface area contributed by atoms with Crippen molar-refractivity contribution in [3.8, 4) is 5.75 Å². The number of H-pyrrole nitrogens is 1. The molecule has 2 N–H and O–H groups in total. The Hall–Kier alpha value is -2.99. The van der Waals surface area contributed by atoms with E-state index < -0.39 is 18.0 Å². The highest BCUT2D eigenvalue weighted by atomic mass is 35.5. The topological polar surface area (TPSA) is 80.4 Å². The van der Waals surface area contributed by atoms with E-state index in [4.69, 9.17) is 21.1 Å². The lowest BCUT2D eigenvalue weighted by atomic mass is 10.2. The number of para-hydroxylation sites is 1. The summed E-state index contributed by atoms with van der Waals surface area (Å²) >= 11 is 5.94. The van der Waals surface area contributed by atoms with E-state index in [2.05, 4.69) is 10.3 Å². The number of ether oxygens (including phenoxy) is 2. The predicted octanol–water partition coefficient (Wildman–Crippen LogP) is 4.01. The molecule has 0 unspecified atom stereocenters. The number of methoxy groups -OCH3 is 1. The summed E-state index contributed by atoms with van der Waals surface area (Å²) in [6.07, 6.45) is -1.00. The van der Waals surface area contributed by atoms with Gasteiger partial charge in [-0.15, -0.1) is 0 Å². The van der Waals surface area contributed by atoms with Crippen LogP contribution < -0.4 is 10.1 Å². The van der Waals surface area contributed by atoms with E-state index >= 15 is 0 Å². The van der Waals surface area contributed by atoms with Gasteiger partial charge in [-0.25, -0.2) is 4.79 Å². The smallest absolute Gasteiger partial charge is 0.355 e. The number of aromatic nitrogens is 1. The van der Waals surface area contributed by atoms with Crippen LogP contribution in [0.15, 0.2) is 48.5 Å². The van der Waals surface area contributed by atoms with E-state index in [9.17, 15) is 9.59 Å². The van der Waals surface area contributed by atoms with Gasteiger partial charge in [-0.1, -0.05) is 29.8 Å². The lowest BCUT2D eigenvalue weighted by Gasteiger charge is -2.15. The van der Waals surface area contributed by atoms with Gasteiger partial charge in [0.05, 0.1) is 12.8 Å². The van der Waals surface area contributed by atoms with Gasteiger partial charge in [-0.2, -0.15) is 0 Å². The van der Waals surface area contributed by atoms with Gasteiger partial charge in [0.1, 0.15) is 11.4 Å². The van der Waals surface area contributed by atoms with Crippen molar-refractivity contribution in [1.82, 2.24) is 4.98 Å². The second-order valence-corrected chi connectivity index (χ2v) is 6.09. The fraction of sp³-hybridized carbons (Fsp3) is 0.158. The van der Waals surface area contributed by atoms with Crippen LogP contribution in [0, 0.1) is 0 Å². The van der Waals surface area contributed by atoms with Crippen LogP contribution in [-0.4, -0.2) is 30.1 Å². The molecule has 0 fully saturated rings. The van der Waals surface area contributed by atoms with Crippen LogP contribution in [0.1, 0.15) is 17.4 Å². The molecule has 0 saturated carbocycles. The summed E-state index contributed by atoms with van der Waals surface area (Å²) in [5.41, 5.74) is 1.50. The number of benzene rings is 2. The van der Waals surface area contributed by atoms with Crippen molar-refractivity contribution in [2.45, 2.75) is 13.0 Å². The standard InChI is InChI=1S/C19H17ClN2O4/c1-11(18(23)22-15-10-13(20)7-8-17(15)25-2)26-19(24)16-9-12-5-3-4-6-14(12)21-16/h3-11,21H,1-2H3,(H,22,23)/t11-/m0/s1. The largest absolute Gasteiger partial charge is 0.495 e. The molecule has 0 saturated heterocycles. The third kappa shape index (κ3) is 3.81. The van der Waals surface area contributed by atoms with E-state index in [1.807, 2.05) is 24.3 Å². The van der Waals surface area contributed by atoms with Crippen molar-refractivity contribution in [3.63, 3.8) is 0 Å². The third-order valence-corrected chi connectivity index (χ3v) is 4.06. The number of halogens is 1. The fourth-order valence-corrected chi connectivity index (χ4v) is 2.65. The van der Waals surface area contributed by atoms with E-state index in [1.54, 1.807) is 24.3 Å². The van der Waals surface area contributed by atoms with Crippen molar-refractivity contribution < 1.29 is 19.1 Å². The molecule has 0 radical (unpaired) electrons. The Kier molecular flexibility index (Phi) is 5.14. The number of carbonyl (C=O) groups is 2. The highest BCUT2D eigenvalue weighted by Gasteiger charge is 2.21. The third-order valence-electron chi connectivity index (χ3n) is 3.82. The predicted molar refractivity (Wildman–Crippen MR) is 99.8 cm³/mol. The molecule has 1 aromatic heterocycles. The average molecular weight is 373 g/mol. The Balaban J connectivity index is 1.69. The molecule has 1 amide bonds. The molecular weight excluding hydrogens is 356 g/mol. The summed E-state index contributed by atoms with van der Waals surface area (Å²) in [5, 5.41) is 3.99. The summed E-state index contributed by atoms with van der Waals surface area (Å²) in [6, 6.07) is 14.0. The number of carbonyl (C=O) groups excluding carboxylic acids is 2. The Morgan fingerprint density at radius 1 is 1.15 bits per heavy atom. The van der Waals surface area contributed by atoms with E-state index in [0.29, 0.717) is 16.5 Å². The summed E-state index contributed by atoms with van der Waals surface area (Å²) < 4.78 is 10.4. The number of fused-ring (bicyclic) bond motifs is 1. The van der Waals surface area contributed by atoms with Crippen LogP contribution in [-0.2, 0) is 9.53 Å². The summed E-state index contributed by atoms with van der Waals surface area (Å²) in [4.78, 5) is 27.6. The molecule has 0 spiro atoms. The molecule has 1 heterocycles. The Bertz CT molecular complexity index is 934. The van der Waals surface area contributed by atoms with Gasteiger partial charge < -0.3 is 19.8 Å². The van der Waals surface area contributed by atoms with Crippen molar-refractivity contribution in [2.24, 2.45) is 0 Å². The number of anilines is 1. The van der Waals surface area contributed by atoms with Crippen molar-refractivity contribution in [1.29, 1.82) is 0 Å².